The summed E-state index contributed by atoms with van der Waals surface area (Å²) in [6.45, 7) is 3.74. The largest absolute Gasteiger partial charge is 0.353 e. The highest BCUT2D eigenvalue weighted by atomic mass is 15.3. The third-order valence-electron chi connectivity index (χ3n) is 5.15. The minimum absolute atomic E-state index is 0.892. The van der Waals surface area contributed by atoms with Crippen molar-refractivity contribution >= 4 is 22.5 Å². The molecular formula is C18H19N7. The van der Waals surface area contributed by atoms with Gasteiger partial charge in [-0.3, -0.25) is 4.98 Å². The van der Waals surface area contributed by atoms with Crippen molar-refractivity contribution in [1.82, 2.24) is 24.9 Å². The maximum atomic E-state index is 4.58. The number of hydrogen-bond donors (Lipinski definition) is 0. The molecule has 7 heteroatoms. The molecule has 0 spiro atoms. The van der Waals surface area contributed by atoms with E-state index in [1.807, 2.05) is 6.07 Å². The first kappa shape index (κ1) is 14.5. The highest BCUT2D eigenvalue weighted by Gasteiger charge is 2.25. The van der Waals surface area contributed by atoms with Crippen LogP contribution in [0, 0.1) is 0 Å². The van der Waals surface area contributed by atoms with Gasteiger partial charge in [-0.15, -0.1) is 0 Å². The molecular weight excluding hydrogens is 314 g/mol. The zero-order valence-corrected chi connectivity index (χ0v) is 14.0. The van der Waals surface area contributed by atoms with Crippen molar-refractivity contribution in [2.45, 2.75) is 19.3 Å². The molecule has 0 amide bonds. The summed E-state index contributed by atoms with van der Waals surface area (Å²) in [5.74, 6) is 2.14. The Labute approximate surface area is 145 Å². The second-order valence-corrected chi connectivity index (χ2v) is 6.54. The van der Waals surface area contributed by atoms with Crippen LogP contribution >= 0.6 is 0 Å². The van der Waals surface area contributed by atoms with Crippen LogP contribution in [0.4, 0.5) is 11.6 Å². The molecule has 0 N–H and O–H groups in total. The van der Waals surface area contributed by atoms with E-state index in [1.165, 1.54) is 17.7 Å². The van der Waals surface area contributed by atoms with Crippen molar-refractivity contribution in [3.8, 4) is 0 Å². The number of nitrogens with zero attached hydrogens (tertiary/aromatic N) is 7. The van der Waals surface area contributed by atoms with E-state index in [0.29, 0.717) is 0 Å². The molecule has 0 bridgehead atoms. The summed E-state index contributed by atoms with van der Waals surface area (Å²) in [5, 5.41) is 1.06. The zero-order chi connectivity index (χ0) is 16.6. The standard InChI is InChI=1S/C18H19N7/c1-2-13-15(3-1)20-11-22-17(13)24-6-8-25(9-7-24)18-14-4-5-19-10-16(14)21-12-23-18/h4-5,10-12H,1-3,6-9H2. The van der Waals surface area contributed by atoms with Crippen LogP contribution in [0.3, 0.4) is 0 Å². The first-order chi connectivity index (χ1) is 12.4. The highest BCUT2D eigenvalue weighted by Crippen LogP contribution is 2.29. The number of aryl methyl sites for hydroxylation is 1. The van der Waals surface area contributed by atoms with Crippen molar-refractivity contribution in [3.63, 3.8) is 0 Å². The van der Waals surface area contributed by atoms with Gasteiger partial charge < -0.3 is 9.80 Å². The lowest BCUT2D eigenvalue weighted by molar-refractivity contribution is 0.639. The molecule has 1 fully saturated rings. The molecule has 7 nitrogen and oxygen atoms in total. The molecule has 1 aliphatic carbocycles. The highest BCUT2D eigenvalue weighted by molar-refractivity contribution is 5.88. The van der Waals surface area contributed by atoms with Gasteiger partial charge in [0.2, 0.25) is 0 Å². The lowest BCUT2D eigenvalue weighted by atomic mass is 10.2. The molecule has 3 aromatic heterocycles. The van der Waals surface area contributed by atoms with Gasteiger partial charge >= 0.3 is 0 Å². The Morgan fingerprint density at radius 3 is 2.44 bits per heavy atom. The molecule has 0 aromatic carbocycles. The van der Waals surface area contributed by atoms with Gasteiger partial charge in [0.15, 0.2) is 0 Å². The Hall–Kier alpha value is -2.83. The van der Waals surface area contributed by atoms with Crippen LogP contribution in [0.5, 0.6) is 0 Å². The fraction of sp³-hybridized carbons (Fsp3) is 0.389. The van der Waals surface area contributed by atoms with Crippen molar-refractivity contribution in [1.29, 1.82) is 0 Å². The van der Waals surface area contributed by atoms with Crippen molar-refractivity contribution in [2.75, 3.05) is 36.0 Å². The number of hydrogen-bond acceptors (Lipinski definition) is 7. The average molecular weight is 333 g/mol. The monoisotopic (exact) mass is 333 g/mol. The van der Waals surface area contributed by atoms with E-state index in [2.05, 4.69) is 34.7 Å². The number of fused-ring (bicyclic) bond motifs is 2. The van der Waals surface area contributed by atoms with E-state index in [0.717, 1.165) is 61.6 Å². The first-order valence-electron chi connectivity index (χ1n) is 8.77. The van der Waals surface area contributed by atoms with Gasteiger partial charge in [-0.1, -0.05) is 0 Å². The molecule has 5 rings (SSSR count). The SMILES string of the molecule is c1cc2c(N3CCN(c4ncnc5c4CCC5)CC3)ncnc2cn1. The topological polar surface area (TPSA) is 70.9 Å². The Bertz CT molecular complexity index is 913. The van der Waals surface area contributed by atoms with E-state index in [1.54, 1.807) is 25.0 Å². The molecule has 2 aliphatic rings. The van der Waals surface area contributed by atoms with Crippen LogP contribution in [-0.4, -0.2) is 51.1 Å². The molecule has 4 heterocycles. The molecule has 0 saturated carbocycles. The van der Waals surface area contributed by atoms with Gasteiger partial charge in [-0.25, -0.2) is 19.9 Å². The van der Waals surface area contributed by atoms with Crippen LogP contribution in [0.15, 0.2) is 31.1 Å². The van der Waals surface area contributed by atoms with Crippen LogP contribution < -0.4 is 9.80 Å². The van der Waals surface area contributed by atoms with Gasteiger partial charge in [-0.05, 0) is 25.3 Å². The third-order valence-corrected chi connectivity index (χ3v) is 5.15. The predicted molar refractivity (Wildman–Crippen MR) is 95.8 cm³/mol. The van der Waals surface area contributed by atoms with Gasteiger partial charge in [0.25, 0.3) is 0 Å². The summed E-state index contributed by atoms with van der Waals surface area (Å²) in [4.78, 5) is 26.7. The third kappa shape index (κ3) is 2.47. The Morgan fingerprint density at radius 1 is 0.800 bits per heavy atom. The molecule has 0 atom stereocenters. The first-order valence-corrected chi connectivity index (χ1v) is 8.77. The Balaban J connectivity index is 1.39. The summed E-state index contributed by atoms with van der Waals surface area (Å²) in [6.07, 6.45) is 10.3. The maximum Gasteiger partial charge on any atom is 0.140 e. The number of piperazine rings is 1. The summed E-state index contributed by atoms with van der Waals surface area (Å²) >= 11 is 0. The second-order valence-electron chi connectivity index (χ2n) is 6.54. The number of aromatic nitrogens is 5. The van der Waals surface area contributed by atoms with Crippen LogP contribution in [-0.2, 0) is 12.8 Å². The molecule has 0 unspecified atom stereocenters. The van der Waals surface area contributed by atoms with E-state index in [4.69, 9.17) is 0 Å². The Morgan fingerprint density at radius 2 is 1.56 bits per heavy atom. The summed E-state index contributed by atoms with van der Waals surface area (Å²) < 4.78 is 0. The summed E-state index contributed by atoms with van der Waals surface area (Å²) in [6, 6.07) is 1.99. The minimum atomic E-state index is 0.892. The van der Waals surface area contributed by atoms with E-state index in [9.17, 15) is 0 Å². The number of rotatable bonds is 2. The number of anilines is 2. The van der Waals surface area contributed by atoms with Crippen molar-refractivity contribution in [2.24, 2.45) is 0 Å². The lowest BCUT2D eigenvalue weighted by Gasteiger charge is -2.37. The van der Waals surface area contributed by atoms with E-state index >= 15 is 0 Å². The molecule has 25 heavy (non-hydrogen) atoms. The molecule has 3 aromatic rings. The van der Waals surface area contributed by atoms with E-state index < -0.39 is 0 Å². The molecule has 1 aliphatic heterocycles. The fourth-order valence-electron chi connectivity index (χ4n) is 3.89. The van der Waals surface area contributed by atoms with E-state index in [-0.39, 0.29) is 0 Å². The van der Waals surface area contributed by atoms with Gasteiger partial charge in [-0.2, -0.15) is 0 Å². The van der Waals surface area contributed by atoms with Crippen molar-refractivity contribution in [3.05, 3.63) is 42.4 Å². The lowest BCUT2D eigenvalue weighted by Crippen LogP contribution is -2.47. The molecule has 0 radical (unpaired) electrons. The fourth-order valence-corrected chi connectivity index (χ4v) is 3.89. The maximum absolute atomic E-state index is 4.58. The van der Waals surface area contributed by atoms with Crippen LogP contribution in [0.25, 0.3) is 10.9 Å². The smallest absolute Gasteiger partial charge is 0.140 e. The normalized spacial score (nSPS) is 17.1. The number of pyridine rings is 1. The summed E-state index contributed by atoms with van der Waals surface area (Å²) in [5.41, 5.74) is 3.49. The predicted octanol–water partition coefficient (Wildman–Crippen LogP) is 1.63. The quantitative estimate of drug-likeness (QED) is 0.706. The second kappa shape index (κ2) is 5.91. The van der Waals surface area contributed by atoms with Gasteiger partial charge in [0, 0.05) is 49.0 Å². The van der Waals surface area contributed by atoms with Gasteiger partial charge in [0.1, 0.15) is 24.3 Å². The molecule has 1 saturated heterocycles. The van der Waals surface area contributed by atoms with Gasteiger partial charge in [0.05, 0.1) is 11.7 Å². The minimum Gasteiger partial charge on any atom is -0.353 e. The van der Waals surface area contributed by atoms with Crippen molar-refractivity contribution < 1.29 is 0 Å². The van der Waals surface area contributed by atoms with Crippen LogP contribution in [0.1, 0.15) is 17.7 Å². The Kier molecular flexibility index (Phi) is 3.43. The summed E-state index contributed by atoms with van der Waals surface area (Å²) in [7, 11) is 0. The average Bonchev–Trinajstić information content (AvgIpc) is 3.17. The molecule has 126 valence electrons. The van der Waals surface area contributed by atoms with Crippen LogP contribution in [0.2, 0.25) is 0 Å². The zero-order valence-electron chi connectivity index (χ0n) is 14.0.